The molecule has 118 valence electrons. The number of nitrogens with one attached hydrogen (secondary N) is 2. The van der Waals surface area contributed by atoms with E-state index in [1.54, 1.807) is 24.3 Å². The summed E-state index contributed by atoms with van der Waals surface area (Å²) in [6.07, 6.45) is 1.77. The Balaban J connectivity index is 1.83. The van der Waals surface area contributed by atoms with E-state index >= 15 is 0 Å². The zero-order valence-corrected chi connectivity index (χ0v) is 13.6. The van der Waals surface area contributed by atoms with Crippen molar-refractivity contribution in [2.24, 2.45) is 0 Å². The van der Waals surface area contributed by atoms with E-state index in [0.29, 0.717) is 10.6 Å². The first-order valence-corrected chi connectivity index (χ1v) is 8.06. The molecule has 0 aliphatic rings. The van der Waals surface area contributed by atoms with Gasteiger partial charge in [-0.2, -0.15) is 0 Å². The molecule has 0 saturated carbocycles. The summed E-state index contributed by atoms with van der Waals surface area (Å²) in [5.41, 5.74) is 2.47. The minimum absolute atomic E-state index is 0.124. The van der Waals surface area contributed by atoms with E-state index in [1.165, 1.54) is 0 Å². The third kappa shape index (κ3) is 3.54. The molecule has 1 amide bonds. The summed E-state index contributed by atoms with van der Waals surface area (Å²) < 4.78 is 0. The van der Waals surface area contributed by atoms with Gasteiger partial charge in [0.05, 0.1) is 17.1 Å². The highest BCUT2D eigenvalue weighted by Gasteiger charge is 2.18. The van der Waals surface area contributed by atoms with Gasteiger partial charge in [0.1, 0.15) is 5.82 Å². The minimum Gasteiger partial charge on any atom is -0.342 e. The van der Waals surface area contributed by atoms with Crippen LogP contribution in [0.2, 0.25) is 5.02 Å². The first kappa shape index (κ1) is 15.6. The van der Waals surface area contributed by atoms with Gasteiger partial charge in [0.2, 0.25) is 0 Å². The Morgan fingerprint density at radius 3 is 2.65 bits per heavy atom. The average Bonchev–Trinajstić information content (AvgIpc) is 2.99. The number of imidazole rings is 1. The smallest absolute Gasteiger partial charge is 0.251 e. The highest BCUT2D eigenvalue weighted by molar-refractivity contribution is 6.30. The van der Waals surface area contributed by atoms with Crippen molar-refractivity contribution in [1.29, 1.82) is 0 Å². The number of aromatic amines is 1. The molecule has 0 fully saturated rings. The number of carbonyl (C=O) groups is 1. The number of H-pyrrole nitrogens is 1. The molecular weight excluding hydrogens is 310 g/mol. The van der Waals surface area contributed by atoms with Crippen molar-refractivity contribution in [3.63, 3.8) is 0 Å². The largest absolute Gasteiger partial charge is 0.342 e. The Hall–Kier alpha value is -2.33. The van der Waals surface area contributed by atoms with Gasteiger partial charge in [-0.3, -0.25) is 4.79 Å². The molecule has 1 aromatic heterocycles. The first-order chi connectivity index (χ1) is 11.2. The van der Waals surface area contributed by atoms with Gasteiger partial charge in [0.15, 0.2) is 0 Å². The van der Waals surface area contributed by atoms with Crippen LogP contribution in [-0.2, 0) is 0 Å². The maximum atomic E-state index is 12.4. The zero-order valence-electron chi connectivity index (χ0n) is 12.8. The third-order valence-corrected chi connectivity index (χ3v) is 3.98. The standard InChI is InChI=1S/C18H18ClN3O/c1-2-5-16(17-20-14-6-3-4-7-15(14)21-17)22-18(23)12-8-10-13(19)11-9-12/h3-4,6-11,16H,2,5H2,1H3,(H,20,21)(H,22,23)/t16-/m1/s1. The second-order valence-electron chi connectivity index (χ2n) is 5.46. The van der Waals surface area contributed by atoms with Gasteiger partial charge < -0.3 is 10.3 Å². The Morgan fingerprint density at radius 2 is 1.96 bits per heavy atom. The maximum Gasteiger partial charge on any atom is 0.251 e. The molecule has 0 saturated heterocycles. The summed E-state index contributed by atoms with van der Waals surface area (Å²) >= 11 is 5.87. The highest BCUT2D eigenvalue weighted by Crippen LogP contribution is 2.20. The quantitative estimate of drug-likeness (QED) is 0.725. The van der Waals surface area contributed by atoms with Crippen LogP contribution in [0.1, 0.15) is 42.0 Å². The molecular formula is C18H18ClN3O. The van der Waals surface area contributed by atoms with E-state index in [9.17, 15) is 4.79 Å². The molecule has 0 aliphatic heterocycles. The third-order valence-electron chi connectivity index (χ3n) is 3.73. The summed E-state index contributed by atoms with van der Waals surface area (Å²) in [5, 5.41) is 3.67. The molecule has 0 aliphatic carbocycles. The predicted octanol–water partition coefficient (Wildman–Crippen LogP) is 4.49. The molecule has 3 aromatic rings. The lowest BCUT2D eigenvalue weighted by atomic mass is 10.1. The number of amides is 1. The predicted molar refractivity (Wildman–Crippen MR) is 92.7 cm³/mol. The fourth-order valence-corrected chi connectivity index (χ4v) is 2.67. The molecule has 0 bridgehead atoms. The monoisotopic (exact) mass is 327 g/mol. The van der Waals surface area contributed by atoms with E-state index in [-0.39, 0.29) is 11.9 Å². The normalized spacial score (nSPS) is 12.3. The van der Waals surface area contributed by atoms with Gasteiger partial charge >= 0.3 is 0 Å². The number of benzene rings is 2. The molecule has 1 heterocycles. The summed E-state index contributed by atoms with van der Waals surface area (Å²) in [6.45, 7) is 2.09. The van der Waals surface area contributed by atoms with Crippen molar-refractivity contribution in [3.05, 3.63) is 64.9 Å². The Kier molecular flexibility index (Phi) is 4.63. The Labute approximate surface area is 139 Å². The number of aromatic nitrogens is 2. The number of carbonyl (C=O) groups excluding carboxylic acids is 1. The molecule has 0 unspecified atom stereocenters. The number of hydrogen-bond donors (Lipinski definition) is 2. The molecule has 0 radical (unpaired) electrons. The number of para-hydroxylation sites is 2. The van der Waals surface area contributed by atoms with E-state index in [1.807, 2.05) is 24.3 Å². The van der Waals surface area contributed by atoms with Gasteiger partial charge in [0.25, 0.3) is 5.91 Å². The SMILES string of the molecule is CCC[C@@H](NC(=O)c1ccc(Cl)cc1)c1nc2ccccc2[nH]1. The lowest BCUT2D eigenvalue weighted by Crippen LogP contribution is -2.29. The Bertz CT molecular complexity index is 778. The molecule has 4 nitrogen and oxygen atoms in total. The van der Waals surface area contributed by atoms with Crippen LogP contribution in [0.5, 0.6) is 0 Å². The van der Waals surface area contributed by atoms with Crippen LogP contribution in [0.3, 0.4) is 0 Å². The molecule has 2 aromatic carbocycles. The topological polar surface area (TPSA) is 57.8 Å². The van der Waals surface area contributed by atoms with Gasteiger partial charge in [-0.25, -0.2) is 4.98 Å². The summed E-state index contributed by atoms with van der Waals surface area (Å²) in [4.78, 5) is 20.3. The lowest BCUT2D eigenvalue weighted by molar-refractivity contribution is 0.0933. The fraction of sp³-hybridized carbons (Fsp3) is 0.222. The van der Waals surface area contributed by atoms with Crippen LogP contribution in [0.25, 0.3) is 11.0 Å². The van der Waals surface area contributed by atoms with Crippen molar-refractivity contribution < 1.29 is 4.79 Å². The second kappa shape index (κ2) is 6.84. The number of nitrogens with zero attached hydrogens (tertiary/aromatic N) is 1. The van der Waals surface area contributed by atoms with E-state index < -0.39 is 0 Å². The van der Waals surface area contributed by atoms with E-state index in [0.717, 1.165) is 29.7 Å². The van der Waals surface area contributed by atoms with Crippen molar-refractivity contribution in [2.45, 2.75) is 25.8 Å². The van der Waals surface area contributed by atoms with Crippen LogP contribution in [0, 0.1) is 0 Å². The van der Waals surface area contributed by atoms with Crippen LogP contribution in [-0.4, -0.2) is 15.9 Å². The number of fused-ring (bicyclic) bond motifs is 1. The Morgan fingerprint density at radius 1 is 1.22 bits per heavy atom. The van der Waals surface area contributed by atoms with Crippen LogP contribution >= 0.6 is 11.6 Å². The molecule has 3 rings (SSSR count). The van der Waals surface area contributed by atoms with Gasteiger partial charge in [-0.05, 0) is 42.8 Å². The van der Waals surface area contributed by atoms with Gasteiger partial charge in [0, 0.05) is 10.6 Å². The van der Waals surface area contributed by atoms with Crippen molar-refractivity contribution >= 4 is 28.5 Å². The fourth-order valence-electron chi connectivity index (χ4n) is 2.55. The molecule has 2 N–H and O–H groups in total. The first-order valence-electron chi connectivity index (χ1n) is 7.68. The van der Waals surface area contributed by atoms with E-state index in [4.69, 9.17) is 11.6 Å². The summed E-state index contributed by atoms with van der Waals surface area (Å²) in [7, 11) is 0. The van der Waals surface area contributed by atoms with Crippen molar-refractivity contribution in [1.82, 2.24) is 15.3 Å². The molecule has 23 heavy (non-hydrogen) atoms. The van der Waals surface area contributed by atoms with Crippen molar-refractivity contribution in [3.8, 4) is 0 Å². The van der Waals surface area contributed by atoms with Crippen molar-refractivity contribution in [2.75, 3.05) is 0 Å². The molecule has 1 atom stereocenters. The van der Waals surface area contributed by atoms with E-state index in [2.05, 4.69) is 22.2 Å². The molecule has 0 spiro atoms. The minimum atomic E-state index is -0.143. The maximum absolute atomic E-state index is 12.4. The highest BCUT2D eigenvalue weighted by atomic mass is 35.5. The number of hydrogen-bond acceptors (Lipinski definition) is 2. The van der Waals surface area contributed by atoms with Crippen LogP contribution in [0.15, 0.2) is 48.5 Å². The second-order valence-corrected chi connectivity index (χ2v) is 5.90. The van der Waals surface area contributed by atoms with Gasteiger partial charge in [-0.15, -0.1) is 0 Å². The molecule has 5 heteroatoms. The average molecular weight is 328 g/mol. The number of rotatable bonds is 5. The zero-order chi connectivity index (χ0) is 16.2. The lowest BCUT2D eigenvalue weighted by Gasteiger charge is -2.16. The number of halogens is 1. The summed E-state index contributed by atoms with van der Waals surface area (Å²) in [5.74, 6) is 0.663. The summed E-state index contributed by atoms with van der Waals surface area (Å²) in [6, 6.07) is 14.6. The van der Waals surface area contributed by atoms with Crippen LogP contribution < -0.4 is 5.32 Å². The van der Waals surface area contributed by atoms with Crippen LogP contribution in [0.4, 0.5) is 0 Å². The van der Waals surface area contributed by atoms with Gasteiger partial charge in [-0.1, -0.05) is 37.1 Å².